The Morgan fingerprint density at radius 1 is 1.10 bits per heavy atom. The number of amides is 1. The molecule has 1 N–H and O–H groups in total. The third-order valence-electron chi connectivity index (χ3n) is 6.09. The van der Waals surface area contributed by atoms with Crippen LogP contribution in [0.15, 0.2) is 46.1 Å². The number of nitrogens with zero attached hydrogens (tertiary/aromatic N) is 5. The molecule has 1 saturated heterocycles. The lowest BCUT2D eigenvalue weighted by molar-refractivity contribution is -0.132. The summed E-state index contributed by atoms with van der Waals surface area (Å²) in [6.07, 6.45) is 3.95. The second-order valence-electron chi connectivity index (χ2n) is 8.17. The Hall–Kier alpha value is -2.87. The Morgan fingerprint density at radius 3 is 2.65 bits per heavy atom. The van der Waals surface area contributed by atoms with Crippen molar-refractivity contribution in [3.63, 3.8) is 0 Å². The number of aliphatic imine (C=N–C) groups is 1. The molecule has 8 nitrogen and oxygen atoms in total. The van der Waals surface area contributed by atoms with Crippen molar-refractivity contribution in [3.05, 3.63) is 53.4 Å². The number of fused-ring (bicyclic) bond motifs is 1. The van der Waals surface area contributed by atoms with E-state index in [0.717, 1.165) is 76.9 Å². The zero-order chi connectivity index (χ0) is 21.5. The summed E-state index contributed by atoms with van der Waals surface area (Å²) >= 11 is 0. The monoisotopic (exact) mass is 424 g/mol. The smallest absolute Gasteiger partial charge is 0.222 e. The summed E-state index contributed by atoms with van der Waals surface area (Å²) in [6, 6.07) is 10.3. The number of aromatic nitrogens is 1. The maximum atomic E-state index is 12.6. The van der Waals surface area contributed by atoms with E-state index in [1.807, 2.05) is 18.0 Å². The zero-order valence-corrected chi connectivity index (χ0v) is 18.3. The molecular weight excluding hydrogens is 392 g/mol. The van der Waals surface area contributed by atoms with Gasteiger partial charge < -0.3 is 19.6 Å². The Kier molecular flexibility index (Phi) is 7.19. The third kappa shape index (κ3) is 5.64. The van der Waals surface area contributed by atoms with E-state index in [1.165, 1.54) is 11.1 Å². The molecule has 1 aromatic carbocycles. The number of hydrogen-bond acceptors (Lipinski definition) is 5. The quantitative estimate of drug-likeness (QED) is 0.432. The van der Waals surface area contributed by atoms with E-state index < -0.39 is 0 Å². The second kappa shape index (κ2) is 10.4. The minimum Gasteiger partial charge on any atom is -0.364 e. The summed E-state index contributed by atoms with van der Waals surface area (Å²) in [6.45, 7) is 6.89. The van der Waals surface area contributed by atoms with Crippen LogP contribution < -0.4 is 5.32 Å². The van der Waals surface area contributed by atoms with Gasteiger partial charge in [-0.1, -0.05) is 29.4 Å². The standard InChI is InChI=1S/C23H32N6O2/c1-24-23(28-14-12-27(13-15-28)18-21-9-16-31-26-21)25-10-4-7-22(30)29-11-8-19-5-2-3-6-20(19)17-29/h2-3,5-6,9,16H,4,7-8,10-15,17-18H2,1H3,(H,24,25). The summed E-state index contributed by atoms with van der Waals surface area (Å²) in [5, 5.41) is 7.43. The van der Waals surface area contributed by atoms with Crippen LogP contribution in [0.4, 0.5) is 0 Å². The van der Waals surface area contributed by atoms with E-state index in [-0.39, 0.29) is 5.91 Å². The van der Waals surface area contributed by atoms with E-state index in [0.29, 0.717) is 6.42 Å². The third-order valence-corrected chi connectivity index (χ3v) is 6.09. The molecule has 8 heteroatoms. The first-order valence-corrected chi connectivity index (χ1v) is 11.1. The van der Waals surface area contributed by atoms with Crippen molar-refractivity contribution >= 4 is 11.9 Å². The van der Waals surface area contributed by atoms with Gasteiger partial charge in [0.1, 0.15) is 6.26 Å². The molecule has 0 spiro atoms. The van der Waals surface area contributed by atoms with Gasteiger partial charge in [0.15, 0.2) is 5.96 Å². The van der Waals surface area contributed by atoms with E-state index in [1.54, 1.807) is 6.26 Å². The first-order valence-electron chi connectivity index (χ1n) is 11.1. The van der Waals surface area contributed by atoms with Crippen molar-refractivity contribution in [2.75, 3.05) is 46.3 Å². The van der Waals surface area contributed by atoms with Crippen LogP contribution in [0.1, 0.15) is 29.7 Å². The van der Waals surface area contributed by atoms with Gasteiger partial charge in [0.05, 0.1) is 5.69 Å². The molecule has 2 aliphatic heterocycles. The molecule has 0 bridgehead atoms. The van der Waals surface area contributed by atoms with Crippen LogP contribution in [0.5, 0.6) is 0 Å². The van der Waals surface area contributed by atoms with Crippen LogP contribution in [0, 0.1) is 0 Å². The van der Waals surface area contributed by atoms with E-state index >= 15 is 0 Å². The lowest BCUT2D eigenvalue weighted by Gasteiger charge is -2.36. The molecule has 166 valence electrons. The van der Waals surface area contributed by atoms with E-state index in [9.17, 15) is 4.79 Å². The molecule has 0 radical (unpaired) electrons. The summed E-state index contributed by atoms with van der Waals surface area (Å²) < 4.78 is 4.92. The number of carbonyl (C=O) groups excluding carboxylic acids is 1. The number of guanidine groups is 1. The summed E-state index contributed by atoms with van der Waals surface area (Å²) in [7, 11) is 1.82. The average molecular weight is 425 g/mol. The van der Waals surface area contributed by atoms with Gasteiger partial charge in [0.25, 0.3) is 0 Å². The van der Waals surface area contributed by atoms with Crippen LogP contribution in [0.2, 0.25) is 0 Å². The molecular formula is C23H32N6O2. The van der Waals surface area contributed by atoms with Crippen molar-refractivity contribution in [2.45, 2.75) is 32.4 Å². The maximum Gasteiger partial charge on any atom is 0.222 e. The molecule has 0 unspecified atom stereocenters. The minimum absolute atomic E-state index is 0.243. The highest BCUT2D eigenvalue weighted by Gasteiger charge is 2.21. The molecule has 4 rings (SSSR count). The fourth-order valence-corrected chi connectivity index (χ4v) is 4.30. The molecule has 2 aliphatic rings. The molecule has 0 atom stereocenters. The van der Waals surface area contributed by atoms with Gasteiger partial charge in [-0.2, -0.15) is 0 Å². The summed E-state index contributed by atoms with van der Waals surface area (Å²) in [5.74, 6) is 1.16. The van der Waals surface area contributed by atoms with Gasteiger partial charge in [-0.05, 0) is 24.0 Å². The van der Waals surface area contributed by atoms with Crippen LogP contribution in [0.25, 0.3) is 0 Å². The lowest BCUT2D eigenvalue weighted by atomic mass is 9.99. The largest absolute Gasteiger partial charge is 0.364 e. The predicted molar refractivity (Wildman–Crippen MR) is 120 cm³/mol. The van der Waals surface area contributed by atoms with E-state index in [4.69, 9.17) is 4.52 Å². The highest BCUT2D eigenvalue weighted by atomic mass is 16.5. The molecule has 1 amide bonds. The maximum absolute atomic E-state index is 12.6. The number of nitrogens with one attached hydrogen (secondary N) is 1. The second-order valence-corrected chi connectivity index (χ2v) is 8.17. The van der Waals surface area contributed by atoms with Gasteiger partial charge >= 0.3 is 0 Å². The number of hydrogen-bond donors (Lipinski definition) is 1. The Morgan fingerprint density at radius 2 is 1.90 bits per heavy atom. The molecule has 0 aliphatic carbocycles. The fourth-order valence-electron chi connectivity index (χ4n) is 4.30. The van der Waals surface area contributed by atoms with Crippen LogP contribution >= 0.6 is 0 Å². The van der Waals surface area contributed by atoms with Crippen molar-refractivity contribution in [2.24, 2.45) is 4.99 Å². The summed E-state index contributed by atoms with van der Waals surface area (Å²) in [4.78, 5) is 23.7. The Labute approximate surface area is 183 Å². The highest BCUT2D eigenvalue weighted by Crippen LogP contribution is 2.19. The molecule has 31 heavy (non-hydrogen) atoms. The zero-order valence-electron chi connectivity index (χ0n) is 18.3. The average Bonchev–Trinajstić information content (AvgIpc) is 3.32. The van der Waals surface area contributed by atoms with Crippen molar-refractivity contribution in [3.8, 4) is 0 Å². The number of benzene rings is 1. The van der Waals surface area contributed by atoms with Crippen LogP contribution in [-0.4, -0.2) is 78.0 Å². The highest BCUT2D eigenvalue weighted by molar-refractivity contribution is 5.80. The van der Waals surface area contributed by atoms with Gasteiger partial charge in [-0.15, -0.1) is 0 Å². The molecule has 1 fully saturated rings. The Balaban J connectivity index is 1.15. The topological polar surface area (TPSA) is 77.2 Å². The van der Waals surface area contributed by atoms with Crippen molar-refractivity contribution in [1.82, 2.24) is 25.2 Å². The van der Waals surface area contributed by atoms with Gasteiger partial charge in [0, 0.05) is 71.9 Å². The fraction of sp³-hybridized carbons (Fsp3) is 0.522. The number of rotatable bonds is 6. The number of carbonyl (C=O) groups is 1. The number of piperazine rings is 1. The van der Waals surface area contributed by atoms with Crippen molar-refractivity contribution in [1.29, 1.82) is 0 Å². The van der Waals surface area contributed by atoms with Gasteiger partial charge in [-0.25, -0.2) is 0 Å². The van der Waals surface area contributed by atoms with E-state index in [2.05, 4.69) is 49.5 Å². The predicted octanol–water partition coefficient (Wildman–Crippen LogP) is 1.73. The Bertz CT molecular complexity index is 874. The summed E-state index contributed by atoms with van der Waals surface area (Å²) in [5.41, 5.74) is 3.62. The van der Waals surface area contributed by atoms with Crippen LogP contribution in [-0.2, 0) is 24.3 Å². The SMILES string of the molecule is CN=C(NCCCC(=O)N1CCc2ccccc2C1)N1CCN(Cc2ccon2)CC1. The minimum atomic E-state index is 0.243. The van der Waals surface area contributed by atoms with Crippen LogP contribution in [0.3, 0.4) is 0 Å². The lowest BCUT2D eigenvalue weighted by Crippen LogP contribution is -2.52. The molecule has 0 saturated carbocycles. The molecule has 3 heterocycles. The van der Waals surface area contributed by atoms with Gasteiger partial charge in [0.2, 0.25) is 5.91 Å². The molecule has 1 aromatic heterocycles. The first-order chi connectivity index (χ1) is 15.2. The van der Waals surface area contributed by atoms with Gasteiger partial charge in [-0.3, -0.25) is 14.7 Å². The van der Waals surface area contributed by atoms with Crippen molar-refractivity contribution < 1.29 is 9.32 Å². The normalized spacial score (nSPS) is 17.5. The first kappa shape index (κ1) is 21.4. The molecule has 2 aromatic rings.